The second-order valence-corrected chi connectivity index (χ2v) is 9.33. The summed E-state index contributed by atoms with van der Waals surface area (Å²) < 4.78 is 0. The molecule has 3 aliphatic rings. The van der Waals surface area contributed by atoms with E-state index in [4.69, 9.17) is 0 Å². The van der Waals surface area contributed by atoms with Gasteiger partial charge in [0.1, 0.15) is 0 Å². The van der Waals surface area contributed by atoms with Gasteiger partial charge in [-0.25, -0.2) is 4.90 Å². The van der Waals surface area contributed by atoms with Gasteiger partial charge in [0.05, 0.1) is 17.5 Å². The summed E-state index contributed by atoms with van der Waals surface area (Å²) in [6, 6.07) is 26.5. The smallest absolute Gasteiger partial charge is 0.238 e. The Morgan fingerprint density at radius 1 is 0.667 bits per heavy atom. The Morgan fingerprint density at radius 3 is 1.67 bits per heavy atom. The van der Waals surface area contributed by atoms with Crippen LogP contribution in [0.3, 0.4) is 0 Å². The lowest BCUT2D eigenvalue weighted by molar-refractivity contribution is -0.122. The van der Waals surface area contributed by atoms with Gasteiger partial charge in [0.25, 0.3) is 0 Å². The number of aryl methyl sites for hydroxylation is 2. The fourth-order valence-electron chi connectivity index (χ4n) is 5.93. The molecule has 2 fully saturated rings. The van der Waals surface area contributed by atoms with Gasteiger partial charge in [0, 0.05) is 11.8 Å². The number of benzene rings is 3. The van der Waals surface area contributed by atoms with Crippen molar-refractivity contribution < 1.29 is 9.59 Å². The van der Waals surface area contributed by atoms with Crippen LogP contribution in [0.4, 0.5) is 5.69 Å². The van der Waals surface area contributed by atoms with Crippen molar-refractivity contribution in [1.82, 2.24) is 0 Å². The molecule has 2 amide bonds. The van der Waals surface area contributed by atoms with E-state index in [1.165, 1.54) is 10.5 Å². The maximum Gasteiger partial charge on any atom is 0.238 e. The molecule has 4 atom stereocenters. The van der Waals surface area contributed by atoms with E-state index >= 15 is 0 Å². The monoisotopic (exact) mass is 431 g/mol. The second-order valence-electron chi connectivity index (χ2n) is 9.33. The third-order valence-electron chi connectivity index (χ3n) is 7.58. The molecule has 6 rings (SSSR count). The van der Waals surface area contributed by atoms with Gasteiger partial charge in [0.15, 0.2) is 0 Å². The van der Waals surface area contributed by atoms with Crippen LogP contribution in [-0.2, 0) is 9.59 Å². The van der Waals surface area contributed by atoms with Crippen LogP contribution in [0, 0.1) is 37.5 Å². The molecule has 3 heteroatoms. The van der Waals surface area contributed by atoms with Crippen LogP contribution in [-0.4, -0.2) is 11.8 Å². The van der Waals surface area contributed by atoms with Crippen molar-refractivity contribution in [3.63, 3.8) is 0 Å². The molecule has 0 radical (unpaired) electrons. The van der Waals surface area contributed by atoms with Crippen LogP contribution in [0.5, 0.6) is 0 Å². The summed E-state index contributed by atoms with van der Waals surface area (Å²) in [4.78, 5) is 28.8. The minimum atomic E-state index is -0.327. The number of anilines is 1. The Bertz CT molecular complexity index is 1260. The third kappa shape index (κ3) is 2.88. The molecule has 0 aromatic heterocycles. The predicted octanol–water partition coefficient (Wildman–Crippen LogP) is 5.73. The molecule has 1 saturated carbocycles. The first-order chi connectivity index (χ1) is 16.1. The predicted molar refractivity (Wildman–Crippen MR) is 130 cm³/mol. The molecular formula is C30H25NO2. The zero-order valence-electron chi connectivity index (χ0n) is 18.7. The number of allylic oxidation sites excluding steroid dienone is 3. The number of amides is 2. The summed E-state index contributed by atoms with van der Waals surface area (Å²) in [5.41, 5.74) is 7.56. The highest BCUT2D eigenvalue weighted by atomic mass is 16.2. The average molecular weight is 432 g/mol. The summed E-state index contributed by atoms with van der Waals surface area (Å²) in [7, 11) is 0. The molecule has 162 valence electrons. The standard InChI is InChI=1S/C30H25NO2/c1-18-13-14-22(17-19(18)2)31-29(32)27-23-15-16-24(28(27)30(31)33)26(23)25(20-9-5-3-6-10-20)21-11-7-4-8-12-21/h3-17,23-24,27-28H,1-2H3/t23-,24-,27+,28+/m0/s1. The molecular weight excluding hydrogens is 406 g/mol. The number of imide groups is 1. The van der Waals surface area contributed by atoms with E-state index < -0.39 is 0 Å². The molecule has 1 aliphatic heterocycles. The van der Waals surface area contributed by atoms with Gasteiger partial charge in [-0.3, -0.25) is 9.59 Å². The topological polar surface area (TPSA) is 37.4 Å². The minimum absolute atomic E-state index is 0.0524. The first-order valence-corrected chi connectivity index (χ1v) is 11.5. The van der Waals surface area contributed by atoms with Crippen LogP contribution in [0.1, 0.15) is 22.3 Å². The van der Waals surface area contributed by atoms with Crippen LogP contribution in [0.25, 0.3) is 5.57 Å². The Labute approximate surface area is 194 Å². The van der Waals surface area contributed by atoms with Crippen molar-refractivity contribution in [1.29, 1.82) is 0 Å². The molecule has 2 bridgehead atoms. The third-order valence-corrected chi connectivity index (χ3v) is 7.58. The summed E-state index contributed by atoms with van der Waals surface area (Å²) in [6.07, 6.45) is 4.31. The maximum atomic E-state index is 13.7. The lowest BCUT2D eigenvalue weighted by Crippen LogP contribution is -2.33. The number of carbonyl (C=O) groups is 2. The SMILES string of the molecule is Cc1ccc(N2C(=O)[C@H]3[C@H](C2=O)[C@H]2C=C[C@H]3C2=C(c2ccccc2)c2ccccc2)cc1C. The van der Waals surface area contributed by atoms with Gasteiger partial charge in [-0.2, -0.15) is 0 Å². The van der Waals surface area contributed by atoms with E-state index in [1.807, 2.05) is 68.4 Å². The number of hydrogen-bond acceptors (Lipinski definition) is 2. The molecule has 3 aromatic rings. The largest absolute Gasteiger partial charge is 0.274 e. The van der Waals surface area contributed by atoms with E-state index in [0.717, 1.165) is 27.8 Å². The van der Waals surface area contributed by atoms with Gasteiger partial charge >= 0.3 is 0 Å². The molecule has 0 spiro atoms. The molecule has 33 heavy (non-hydrogen) atoms. The van der Waals surface area contributed by atoms with E-state index in [1.54, 1.807) is 0 Å². The Hall–Kier alpha value is -3.72. The van der Waals surface area contributed by atoms with E-state index in [2.05, 4.69) is 36.4 Å². The lowest BCUT2D eigenvalue weighted by Gasteiger charge is -2.22. The highest BCUT2D eigenvalue weighted by molar-refractivity contribution is 6.23. The van der Waals surface area contributed by atoms with Crippen molar-refractivity contribution in [2.75, 3.05) is 4.90 Å². The Balaban J connectivity index is 1.48. The van der Waals surface area contributed by atoms with Crippen molar-refractivity contribution in [3.8, 4) is 0 Å². The van der Waals surface area contributed by atoms with E-state index in [0.29, 0.717) is 5.69 Å². The molecule has 0 unspecified atom stereocenters. The van der Waals surface area contributed by atoms with Crippen molar-refractivity contribution in [3.05, 3.63) is 119 Å². The van der Waals surface area contributed by atoms with E-state index in [-0.39, 0.29) is 35.5 Å². The van der Waals surface area contributed by atoms with Gasteiger partial charge in [-0.15, -0.1) is 0 Å². The number of rotatable bonds is 3. The van der Waals surface area contributed by atoms with Crippen molar-refractivity contribution >= 4 is 23.1 Å². The number of fused-ring (bicyclic) bond motifs is 5. The first-order valence-electron chi connectivity index (χ1n) is 11.5. The van der Waals surface area contributed by atoms with Gasteiger partial charge in [-0.1, -0.05) is 78.9 Å². The summed E-state index contributed by atoms with van der Waals surface area (Å²) >= 11 is 0. The van der Waals surface area contributed by atoms with Crippen LogP contribution in [0.15, 0.2) is 96.6 Å². The molecule has 3 nitrogen and oxygen atoms in total. The Kier molecular flexibility index (Phi) is 4.48. The second kappa shape index (κ2) is 7.41. The molecule has 2 aliphatic carbocycles. The average Bonchev–Trinajstić information content (AvgIpc) is 3.47. The van der Waals surface area contributed by atoms with Crippen LogP contribution < -0.4 is 4.90 Å². The fraction of sp³-hybridized carbons (Fsp3) is 0.200. The minimum Gasteiger partial charge on any atom is -0.274 e. The first kappa shape index (κ1) is 19.9. The maximum absolute atomic E-state index is 13.7. The van der Waals surface area contributed by atoms with E-state index in [9.17, 15) is 9.59 Å². The highest BCUT2D eigenvalue weighted by Crippen LogP contribution is 2.58. The Morgan fingerprint density at radius 2 is 1.18 bits per heavy atom. The number of hydrogen-bond donors (Lipinski definition) is 0. The molecule has 3 aromatic carbocycles. The fourth-order valence-corrected chi connectivity index (χ4v) is 5.93. The van der Waals surface area contributed by atoms with Crippen LogP contribution in [0.2, 0.25) is 0 Å². The molecule has 1 saturated heterocycles. The highest BCUT2D eigenvalue weighted by Gasteiger charge is 2.62. The number of nitrogens with zero attached hydrogens (tertiary/aromatic N) is 1. The lowest BCUT2D eigenvalue weighted by atomic mass is 9.85. The van der Waals surface area contributed by atoms with Crippen LogP contribution >= 0.6 is 0 Å². The summed E-state index contributed by atoms with van der Waals surface area (Å²) in [5, 5.41) is 0. The zero-order valence-corrected chi connectivity index (χ0v) is 18.7. The summed E-state index contributed by atoms with van der Waals surface area (Å²) in [6.45, 7) is 4.06. The zero-order chi connectivity index (χ0) is 22.7. The van der Waals surface area contributed by atoms with Gasteiger partial charge in [0.2, 0.25) is 11.8 Å². The molecule has 0 N–H and O–H groups in total. The quantitative estimate of drug-likeness (QED) is 0.392. The normalized spacial score (nSPS) is 25.2. The van der Waals surface area contributed by atoms with Gasteiger partial charge in [-0.05, 0) is 59.4 Å². The summed E-state index contributed by atoms with van der Waals surface area (Å²) in [5.74, 6) is -0.893. The van der Waals surface area contributed by atoms with Crippen molar-refractivity contribution in [2.24, 2.45) is 23.7 Å². The van der Waals surface area contributed by atoms with Crippen molar-refractivity contribution in [2.45, 2.75) is 13.8 Å². The van der Waals surface area contributed by atoms with Gasteiger partial charge < -0.3 is 0 Å². The number of carbonyl (C=O) groups excluding carboxylic acids is 2. The molecule has 1 heterocycles.